The third-order valence-corrected chi connectivity index (χ3v) is 3.34. The lowest BCUT2D eigenvalue weighted by atomic mass is 9.80. The lowest BCUT2D eigenvalue weighted by Crippen LogP contribution is -2.51. The molecule has 0 aliphatic heterocycles. The highest BCUT2D eigenvalue weighted by Crippen LogP contribution is 2.59. The lowest BCUT2D eigenvalue weighted by molar-refractivity contribution is -0.257. The summed E-state index contributed by atoms with van der Waals surface area (Å²) in [5, 5.41) is 8.81. The van der Waals surface area contributed by atoms with Crippen LogP contribution in [0.3, 0.4) is 0 Å². The normalized spacial score (nSPS) is 46.2. The van der Waals surface area contributed by atoms with Crippen molar-refractivity contribution in [2.75, 3.05) is 6.61 Å². The Labute approximate surface area is 78.4 Å². The molecule has 2 rings (SSSR count). The van der Waals surface area contributed by atoms with E-state index in [1.807, 2.05) is 0 Å². The summed E-state index contributed by atoms with van der Waals surface area (Å²) in [7, 11) is 0. The molecule has 2 aliphatic carbocycles. The minimum Gasteiger partial charge on any atom is -0.396 e. The summed E-state index contributed by atoms with van der Waals surface area (Å²) in [6.45, 7) is -0.748. The number of hydrogen-bond acceptors (Lipinski definition) is 1. The van der Waals surface area contributed by atoms with Crippen LogP contribution < -0.4 is 0 Å². The Balaban J connectivity index is 2.39. The van der Waals surface area contributed by atoms with Gasteiger partial charge < -0.3 is 5.11 Å². The molecule has 80 valence electrons. The fraction of sp³-hybridized carbons (Fsp3) is 0.778. The number of rotatable bonds is 1. The number of alkyl halides is 4. The molecule has 0 aromatic carbocycles. The van der Waals surface area contributed by atoms with Crippen LogP contribution in [0.15, 0.2) is 12.2 Å². The van der Waals surface area contributed by atoms with Crippen LogP contribution >= 0.6 is 0 Å². The van der Waals surface area contributed by atoms with Crippen molar-refractivity contribution < 1.29 is 22.7 Å². The molecular formula is C9H10F4O. The van der Waals surface area contributed by atoms with Gasteiger partial charge in [0.05, 0.1) is 0 Å². The van der Waals surface area contributed by atoms with Crippen molar-refractivity contribution in [3.63, 3.8) is 0 Å². The van der Waals surface area contributed by atoms with Gasteiger partial charge in [0, 0.05) is 18.4 Å². The molecule has 1 fully saturated rings. The molecule has 0 spiro atoms. The van der Waals surface area contributed by atoms with Crippen LogP contribution in [-0.2, 0) is 0 Å². The average Bonchev–Trinajstić information content (AvgIpc) is 2.61. The minimum atomic E-state index is -4.88. The smallest absolute Gasteiger partial charge is 0.396 e. The first-order valence-corrected chi connectivity index (χ1v) is 4.46. The van der Waals surface area contributed by atoms with E-state index < -0.39 is 36.2 Å². The molecule has 0 heterocycles. The van der Waals surface area contributed by atoms with E-state index in [1.165, 1.54) is 6.08 Å². The number of aliphatic hydroxyl groups is 1. The second-order valence-electron chi connectivity index (χ2n) is 3.95. The molecular weight excluding hydrogens is 200 g/mol. The molecule has 0 aromatic rings. The molecule has 2 aliphatic rings. The van der Waals surface area contributed by atoms with Crippen molar-refractivity contribution in [2.45, 2.75) is 18.3 Å². The zero-order chi connectivity index (χ0) is 10.6. The van der Waals surface area contributed by atoms with Crippen LogP contribution in [0.25, 0.3) is 0 Å². The fourth-order valence-electron chi connectivity index (χ4n) is 2.61. The third kappa shape index (κ3) is 0.988. The minimum absolute atomic E-state index is 0.168. The second-order valence-corrected chi connectivity index (χ2v) is 3.95. The Kier molecular flexibility index (Phi) is 1.93. The third-order valence-electron chi connectivity index (χ3n) is 3.34. The zero-order valence-electron chi connectivity index (χ0n) is 7.26. The van der Waals surface area contributed by atoms with Gasteiger partial charge in [-0.2, -0.15) is 13.2 Å². The summed E-state index contributed by atoms with van der Waals surface area (Å²) in [5.41, 5.74) is -3.22. The van der Waals surface area contributed by atoms with E-state index in [1.54, 1.807) is 6.08 Å². The number of fused-ring (bicyclic) bond motifs is 2. The topological polar surface area (TPSA) is 20.2 Å². The van der Waals surface area contributed by atoms with Crippen LogP contribution in [0.4, 0.5) is 17.6 Å². The van der Waals surface area contributed by atoms with E-state index in [9.17, 15) is 17.6 Å². The Bertz CT molecular complexity index is 272. The van der Waals surface area contributed by atoms with Gasteiger partial charge in [0.1, 0.15) is 0 Å². The maximum Gasteiger partial charge on any atom is 0.423 e. The van der Waals surface area contributed by atoms with Crippen LogP contribution in [0.2, 0.25) is 0 Å². The lowest BCUT2D eigenvalue weighted by Gasteiger charge is -2.35. The van der Waals surface area contributed by atoms with Crippen molar-refractivity contribution in [2.24, 2.45) is 17.8 Å². The van der Waals surface area contributed by atoms with E-state index in [4.69, 9.17) is 5.11 Å². The average molecular weight is 210 g/mol. The van der Waals surface area contributed by atoms with Crippen molar-refractivity contribution in [3.05, 3.63) is 12.2 Å². The molecule has 2 bridgehead atoms. The molecule has 4 atom stereocenters. The molecule has 5 heteroatoms. The Morgan fingerprint density at radius 1 is 1.36 bits per heavy atom. The Morgan fingerprint density at radius 3 is 2.43 bits per heavy atom. The van der Waals surface area contributed by atoms with E-state index >= 15 is 0 Å². The van der Waals surface area contributed by atoms with Gasteiger partial charge in [0.25, 0.3) is 0 Å². The van der Waals surface area contributed by atoms with E-state index in [2.05, 4.69) is 0 Å². The van der Waals surface area contributed by atoms with Crippen LogP contribution in [0.1, 0.15) is 6.42 Å². The predicted octanol–water partition coefficient (Wildman–Crippen LogP) is 2.07. The maximum atomic E-state index is 13.8. The summed E-state index contributed by atoms with van der Waals surface area (Å²) in [6, 6.07) is 0. The number of halogens is 4. The molecule has 1 saturated carbocycles. The molecule has 0 amide bonds. The van der Waals surface area contributed by atoms with Gasteiger partial charge in [-0.1, -0.05) is 12.2 Å². The summed E-state index contributed by atoms with van der Waals surface area (Å²) in [5.74, 6) is -2.89. The first kappa shape index (κ1) is 9.96. The monoisotopic (exact) mass is 210 g/mol. The van der Waals surface area contributed by atoms with Gasteiger partial charge in [-0.3, -0.25) is 0 Å². The Morgan fingerprint density at radius 2 is 2.00 bits per heavy atom. The quantitative estimate of drug-likeness (QED) is 0.519. The zero-order valence-corrected chi connectivity index (χ0v) is 7.26. The van der Waals surface area contributed by atoms with Crippen molar-refractivity contribution >= 4 is 0 Å². The van der Waals surface area contributed by atoms with E-state index in [0.29, 0.717) is 0 Å². The van der Waals surface area contributed by atoms with Crippen molar-refractivity contribution in [1.82, 2.24) is 0 Å². The standard InChI is InChI=1S/C9H10F4O/c10-8(9(11,12)13)6-2-1-5(3-6)7(8)4-14/h1-2,5-7,14H,3-4H2. The highest BCUT2D eigenvalue weighted by Gasteiger charge is 2.70. The number of allylic oxidation sites excluding steroid dienone is 2. The molecule has 4 unspecified atom stereocenters. The van der Waals surface area contributed by atoms with E-state index in [0.717, 1.165) is 0 Å². The first-order chi connectivity index (χ1) is 6.41. The van der Waals surface area contributed by atoms with Gasteiger partial charge in [-0.05, 0) is 12.3 Å². The molecule has 0 aromatic heterocycles. The van der Waals surface area contributed by atoms with Crippen molar-refractivity contribution in [3.8, 4) is 0 Å². The van der Waals surface area contributed by atoms with Gasteiger partial charge in [0.15, 0.2) is 0 Å². The summed E-state index contributed by atoms with van der Waals surface area (Å²) >= 11 is 0. The fourth-order valence-corrected chi connectivity index (χ4v) is 2.61. The highest BCUT2D eigenvalue weighted by atomic mass is 19.4. The predicted molar refractivity (Wildman–Crippen MR) is 41.2 cm³/mol. The summed E-state index contributed by atoms with van der Waals surface area (Å²) < 4.78 is 51.4. The van der Waals surface area contributed by atoms with Gasteiger partial charge in [-0.15, -0.1) is 0 Å². The van der Waals surface area contributed by atoms with Crippen molar-refractivity contribution in [1.29, 1.82) is 0 Å². The van der Waals surface area contributed by atoms with Crippen LogP contribution in [0.5, 0.6) is 0 Å². The largest absolute Gasteiger partial charge is 0.423 e. The summed E-state index contributed by atoms with van der Waals surface area (Å²) in [6.07, 6.45) is -1.86. The first-order valence-electron chi connectivity index (χ1n) is 4.46. The number of aliphatic hydroxyl groups excluding tert-OH is 1. The van der Waals surface area contributed by atoms with Gasteiger partial charge in [-0.25, -0.2) is 4.39 Å². The second kappa shape index (κ2) is 2.72. The maximum absolute atomic E-state index is 13.8. The van der Waals surface area contributed by atoms with Crippen LogP contribution in [-0.4, -0.2) is 23.6 Å². The number of hydrogen-bond donors (Lipinski definition) is 1. The van der Waals surface area contributed by atoms with E-state index in [-0.39, 0.29) is 6.42 Å². The summed E-state index contributed by atoms with van der Waals surface area (Å²) in [4.78, 5) is 0. The SMILES string of the molecule is OCC1C2C=CC(C2)C1(F)C(F)(F)F. The molecule has 1 nitrogen and oxygen atoms in total. The Hall–Kier alpha value is -0.580. The molecule has 0 saturated heterocycles. The van der Waals surface area contributed by atoms with Gasteiger partial charge >= 0.3 is 6.18 Å². The van der Waals surface area contributed by atoms with Crippen LogP contribution in [0, 0.1) is 17.8 Å². The molecule has 1 N–H and O–H groups in total. The van der Waals surface area contributed by atoms with Gasteiger partial charge in [0.2, 0.25) is 5.67 Å². The molecule has 14 heavy (non-hydrogen) atoms. The highest BCUT2D eigenvalue weighted by molar-refractivity contribution is 5.22. The molecule has 0 radical (unpaired) electrons.